The Labute approximate surface area is 166 Å². The molecule has 2 aromatic rings. The average molecular weight is 383 g/mol. The maximum absolute atomic E-state index is 13.0. The van der Waals surface area contributed by atoms with Gasteiger partial charge in [-0.1, -0.05) is 31.1 Å². The maximum Gasteiger partial charge on any atom is 0.253 e. The summed E-state index contributed by atoms with van der Waals surface area (Å²) in [6, 6.07) is 8.22. The summed E-state index contributed by atoms with van der Waals surface area (Å²) in [6.07, 6.45) is 4.14. The summed E-state index contributed by atoms with van der Waals surface area (Å²) in [7, 11) is 0. The molecule has 150 valence electrons. The van der Waals surface area contributed by atoms with Gasteiger partial charge in [0, 0.05) is 37.0 Å². The van der Waals surface area contributed by atoms with Gasteiger partial charge in [-0.3, -0.25) is 4.79 Å². The third kappa shape index (κ3) is 4.12. The Morgan fingerprint density at radius 3 is 2.71 bits per heavy atom. The van der Waals surface area contributed by atoms with Crippen LogP contribution in [0.4, 0.5) is 0 Å². The number of carbonyl (C=O) groups is 1. The number of hydrogen-bond donors (Lipinski definition) is 1. The monoisotopic (exact) mass is 382 g/mol. The Kier molecular flexibility index (Phi) is 5.76. The molecule has 0 bridgehead atoms. The molecule has 0 aliphatic carbocycles. The number of aromatic nitrogens is 2. The highest BCUT2D eigenvalue weighted by atomic mass is 16.5. The summed E-state index contributed by atoms with van der Waals surface area (Å²) in [4.78, 5) is 19.5. The van der Waals surface area contributed by atoms with Crippen LogP contribution >= 0.6 is 0 Å². The van der Waals surface area contributed by atoms with Crippen LogP contribution in [0.25, 0.3) is 0 Å². The second-order valence-electron chi connectivity index (χ2n) is 8.38. The van der Waals surface area contributed by atoms with E-state index in [0.29, 0.717) is 5.92 Å². The van der Waals surface area contributed by atoms with Crippen LogP contribution < -0.4 is 5.32 Å². The number of hydrogen-bond acceptors (Lipinski definition) is 5. The van der Waals surface area contributed by atoms with Gasteiger partial charge >= 0.3 is 0 Å². The van der Waals surface area contributed by atoms with Crippen molar-refractivity contribution in [2.75, 3.05) is 26.2 Å². The zero-order valence-corrected chi connectivity index (χ0v) is 16.9. The zero-order chi connectivity index (χ0) is 19.5. The largest absolute Gasteiger partial charge is 0.339 e. The Morgan fingerprint density at radius 2 is 2.04 bits per heavy atom. The van der Waals surface area contributed by atoms with Crippen LogP contribution in [-0.4, -0.2) is 47.1 Å². The number of amides is 1. The van der Waals surface area contributed by atoms with Gasteiger partial charge in [-0.15, -0.1) is 0 Å². The standard InChI is InChI=1S/C22H30N4O2/c1-15(2)20-24-21(28-25-20)16-8-11-26(12-9-16)22(27)18-6-3-5-17(13-18)19-7-4-10-23-14-19/h3,5-6,13,15-16,19,23H,4,7-12,14H2,1-2H3/t19-/m1/s1. The van der Waals surface area contributed by atoms with Crippen molar-refractivity contribution in [2.24, 2.45) is 0 Å². The summed E-state index contributed by atoms with van der Waals surface area (Å²) in [5, 5.41) is 7.53. The first-order chi connectivity index (χ1) is 13.6. The maximum atomic E-state index is 13.0. The van der Waals surface area contributed by atoms with E-state index in [2.05, 4.69) is 41.4 Å². The molecule has 6 nitrogen and oxygen atoms in total. The van der Waals surface area contributed by atoms with Crippen LogP contribution in [0.1, 0.15) is 84.9 Å². The smallest absolute Gasteiger partial charge is 0.253 e. The molecule has 3 heterocycles. The Morgan fingerprint density at radius 1 is 1.21 bits per heavy atom. The lowest BCUT2D eigenvalue weighted by Gasteiger charge is -2.31. The SMILES string of the molecule is CC(C)c1noc(C2CCN(C(=O)c3cccc([C@@H]4CCCNC4)c3)CC2)n1. The van der Waals surface area contributed by atoms with Gasteiger partial charge in [0.2, 0.25) is 5.89 Å². The molecule has 1 N–H and O–H groups in total. The van der Waals surface area contributed by atoms with E-state index in [1.54, 1.807) is 0 Å². The normalized spacial score (nSPS) is 21.2. The van der Waals surface area contributed by atoms with Crippen LogP contribution in [-0.2, 0) is 0 Å². The van der Waals surface area contributed by atoms with Crippen LogP contribution in [0.5, 0.6) is 0 Å². The highest BCUT2D eigenvalue weighted by Gasteiger charge is 2.28. The predicted octanol–water partition coefficient (Wildman–Crippen LogP) is 3.68. The molecule has 0 saturated carbocycles. The summed E-state index contributed by atoms with van der Waals surface area (Å²) >= 11 is 0. The van der Waals surface area contributed by atoms with Gasteiger partial charge in [0.1, 0.15) is 0 Å². The van der Waals surface area contributed by atoms with Crippen molar-refractivity contribution >= 4 is 5.91 Å². The molecule has 2 saturated heterocycles. The molecule has 6 heteroatoms. The number of rotatable bonds is 4. The molecule has 1 aromatic carbocycles. The third-order valence-electron chi connectivity index (χ3n) is 6.01. The van der Waals surface area contributed by atoms with Crippen LogP contribution in [0.2, 0.25) is 0 Å². The second-order valence-corrected chi connectivity index (χ2v) is 8.38. The molecular formula is C22H30N4O2. The van der Waals surface area contributed by atoms with Crippen molar-refractivity contribution in [3.8, 4) is 0 Å². The van der Waals surface area contributed by atoms with Crippen LogP contribution in [0.3, 0.4) is 0 Å². The first kappa shape index (κ1) is 19.1. The lowest BCUT2D eigenvalue weighted by atomic mass is 9.90. The van der Waals surface area contributed by atoms with Gasteiger partial charge in [-0.05, 0) is 55.8 Å². The first-order valence-electron chi connectivity index (χ1n) is 10.5. The Balaban J connectivity index is 1.38. The zero-order valence-electron chi connectivity index (χ0n) is 16.9. The Hall–Kier alpha value is -2.21. The van der Waals surface area contributed by atoms with Crippen molar-refractivity contribution in [1.82, 2.24) is 20.4 Å². The fourth-order valence-electron chi connectivity index (χ4n) is 4.22. The van der Waals surface area contributed by atoms with Gasteiger partial charge < -0.3 is 14.7 Å². The van der Waals surface area contributed by atoms with Crippen molar-refractivity contribution in [2.45, 2.75) is 57.3 Å². The summed E-state index contributed by atoms with van der Waals surface area (Å²) < 4.78 is 5.46. The molecular weight excluding hydrogens is 352 g/mol. The molecule has 28 heavy (non-hydrogen) atoms. The summed E-state index contributed by atoms with van der Waals surface area (Å²) in [5.41, 5.74) is 2.08. The van der Waals surface area contributed by atoms with E-state index in [1.165, 1.54) is 18.4 Å². The van der Waals surface area contributed by atoms with Gasteiger partial charge in [-0.25, -0.2) is 0 Å². The molecule has 0 spiro atoms. The lowest BCUT2D eigenvalue weighted by Crippen LogP contribution is -2.38. The van der Waals surface area contributed by atoms with Gasteiger partial charge in [0.25, 0.3) is 5.91 Å². The molecule has 1 amide bonds. The van der Waals surface area contributed by atoms with Crippen LogP contribution in [0.15, 0.2) is 28.8 Å². The topological polar surface area (TPSA) is 71.3 Å². The number of nitrogens with one attached hydrogen (secondary N) is 1. The number of benzene rings is 1. The molecule has 0 unspecified atom stereocenters. The minimum atomic E-state index is 0.137. The third-order valence-corrected chi connectivity index (χ3v) is 6.01. The van der Waals surface area contributed by atoms with Crippen molar-refractivity contribution < 1.29 is 9.32 Å². The van der Waals surface area contributed by atoms with Gasteiger partial charge in [-0.2, -0.15) is 4.98 Å². The van der Waals surface area contributed by atoms with E-state index in [4.69, 9.17) is 4.52 Å². The highest BCUT2D eigenvalue weighted by molar-refractivity contribution is 5.94. The van der Waals surface area contributed by atoms with Crippen molar-refractivity contribution in [3.05, 3.63) is 47.1 Å². The van der Waals surface area contributed by atoms with E-state index in [1.807, 2.05) is 17.0 Å². The predicted molar refractivity (Wildman–Crippen MR) is 108 cm³/mol. The fraction of sp³-hybridized carbons (Fsp3) is 0.591. The van der Waals surface area contributed by atoms with Crippen LogP contribution in [0, 0.1) is 0 Å². The molecule has 2 fully saturated rings. The van der Waals surface area contributed by atoms with E-state index < -0.39 is 0 Å². The lowest BCUT2D eigenvalue weighted by molar-refractivity contribution is 0.0704. The summed E-state index contributed by atoms with van der Waals surface area (Å²) in [6.45, 7) is 7.70. The Bertz CT molecular complexity index is 802. The first-order valence-corrected chi connectivity index (χ1v) is 10.5. The number of likely N-dealkylation sites (tertiary alicyclic amines) is 1. The molecule has 0 radical (unpaired) electrons. The second kappa shape index (κ2) is 8.43. The molecule has 2 aliphatic rings. The van der Waals surface area contributed by atoms with Crippen molar-refractivity contribution in [1.29, 1.82) is 0 Å². The average Bonchev–Trinajstić information content (AvgIpc) is 3.25. The van der Waals surface area contributed by atoms with Gasteiger partial charge in [0.05, 0.1) is 0 Å². The number of nitrogens with zero attached hydrogens (tertiary/aromatic N) is 3. The summed E-state index contributed by atoms with van der Waals surface area (Å²) in [5.74, 6) is 2.66. The van der Waals surface area contributed by atoms with E-state index in [-0.39, 0.29) is 17.7 Å². The minimum Gasteiger partial charge on any atom is -0.339 e. The molecule has 1 aromatic heterocycles. The van der Waals surface area contributed by atoms with Crippen molar-refractivity contribution in [3.63, 3.8) is 0 Å². The quantitative estimate of drug-likeness (QED) is 0.873. The van der Waals surface area contributed by atoms with E-state index >= 15 is 0 Å². The molecule has 4 rings (SSSR count). The number of carbonyl (C=O) groups excluding carboxylic acids is 1. The number of piperidine rings is 2. The van der Waals surface area contributed by atoms with Gasteiger partial charge in [0.15, 0.2) is 5.82 Å². The molecule has 2 aliphatic heterocycles. The highest BCUT2D eigenvalue weighted by Crippen LogP contribution is 2.29. The minimum absolute atomic E-state index is 0.137. The molecule has 1 atom stereocenters. The fourth-order valence-corrected chi connectivity index (χ4v) is 4.22. The van der Waals surface area contributed by atoms with E-state index in [0.717, 1.165) is 56.3 Å². The van der Waals surface area contributed by atoms with E-state index in [9.17, 15) is 4.79 Å².